The molecule has 1 saturated heterocycles. The molecular weight excluding hydrogens is 434 g/mol. The molecule has 1 aromatic rings. The highest BCUT2D eigenvalue weighted by Gasteiger charge is 2.54. The van der Waals surface area contributed by atoms with Gasteiger partial charge in [-0.25, -0.2) is 14.1 Å². The molecule has 0 aromatic carbocycles. The van der Waals surface area contributed by atoms with E-state index in [1.807, 2.05) is 0 Å². The van der Waals surface area contributed by atoms with Gasteiger partial charge in [-0.3, -0.25) is 14.1 Å². The molecule has 0 spiro atoms. The molecule has 156 valence electrons. The maximum absolute atomic E-state index is 12.5. The minimum Gasteiger partial charge on any atom is -0.447 e. The lowest BCUT2D eigenvalue weighted by molar-refractivity contribution is -0.146. The predicted octanol–water partition coefficient (Wildman–Crippen LogP) is -2.44. The maximum atomic E-state index is 12.5. The number of anilines is 1. The first-order valence-electron chi connectivity index (χ1n) is 7.38. The number of nitrogens with one attached hydrogen (secondary N) is 1. The molecule has 2 unspecified atom stereocenters. The van der Waals surface area contributed by atoms with Crippen LogP contribution in [0.2, 0.25) is 0 Å². The smallest absolute Gasteiger partial charge is 0.404 e. The number of carbonyl (C=O) groups excluding carboxylic acids is 3. The van der Waals surface area contributed by atoms with Crippen molar-refractivity contribution < 1.29 is 36.9 Å². The maximum Gasteiger partial charge on any atom is 0.404 e. The second-order valence-corrected chi connectivity index (χ2v) is 7.38. The van der Waals surface area contributed by atoms with Crippen molar-refractivity contribution in [1.29, 1.82) is 5.26 Å². The SMILES string of the molecule is N#CCO/N=C(\C(=O)NC1C(=O)N(S(=O)(=O)O)C1COC(N)=O)c1csc(N)n1. The lowest BCUT2D eigenvalue weighted by Crippen LogP contribution is -2.73. The standard InChI is InChI=1S/C12H13N7O8S2/c13-1-2-27-18-7(5-4-28-11(14)16-5)9(20)17-8-6(3-26-12(15)22)19(10(8)21)29(23,24)25/h4,6,8H,2-3H2,(H2,14,16)(H2,15,22)(H,17,20)(H,23,24,25)/b18-7-. The monoisotopic (exact) mass is 447 g/mol. The number of aromatic nitrogens is 1. The molecule has 17 heteroatoms. The number of rotatable bonds is 8. The van der Waals surface area contributed by atoms with E-state index in [1.165, 1.54) is 5.38 Å². The average molecular weight is 447 g/mol. The summed E-state index contributed by atoms with van der Waals surface area (Å²) < 4.78 is 36.2. The Morgan fingerprint density at radius 1 is 1.52 bits per heavy atom. The predicted molar refractivity (Wildman–Crippen MR) is 94.3 cm³/mol. The van der Waals surface area contributed by atoms with Crippen LogP contribution in [0.1, 0.15) is 5.69 Å². The highest BCUT2D eigenvalue weighted by molar-refractivity contribution is 7.84. The molecule has 15 nitrogen and oxygen atoms in total. The highest BCUT2D eigenvalue weighted by Crippen LogP contribution is 2.24. The van der Waals surface area contributed by atoms with E-state index in [1.54, 1.807) is 6.07 Å². The van der Waals surface area contributed by atoms with E-state index in [2.05, 4.69) is 25.0 Å². The molecule has 0 saturated carbocycles. The zero-order valence-electron chi connectivity index (χ0n) is 14.2. The first-order valence-corrected chi connectivity index (χ1v) is 9.66. The zero-order valence-corrected chi connectivity index (χ0v) is 15.8. The van der Waals surface area contributed by atoms with Crippen LogP contribution in [0.5, 0.6) is 0 Å². The van der Waals surface area contributed by atoms with Crippen LogP contribution in [0.4, 0.5) is 9.93 Å². The minimum absolute atomic E-state index is 0.0186. The van der Waals surface area contributed by atoms with Gasteiger partial charge in [-0.05, 0) is 0 Å². The van der Waals surface area contributed by atoms with Crippen molar-refractivity contribution in [3.63, 3.8) is 0 Å². The van der Waals surface area contributed by atoms with E-state index >= 15 is 0 Å². The van der Waals surface area contributed by atoms with Crippen LogP contribution in [-0.2, 0) is 29.5 Å². The van der Waals surface area contributed by atoms with Crippen molar-refractivity contribution in [3.8, 4) is 6.07 Å². The fourth-order valence-corrected chi connectivity index (χ4v) is 3.64. The summed E-state index contributed by atoms with van der Waals surface area (Å²) in [7, 11) is -4.99. The number of nitriles is 1. The highest BCUT2D eigenvalue weighted by atomic mass is 32.2. The Morgan fingerprint density at radius 2 is 2.21 bits per heavy atom. The third-order valence-corrected chi connectivity index (χ3v) is 4.99. The Morgan fingerprint density at radius 3 is 2.72 bits per heavy atom. The van der Waals surface area contributed by atoms with E-state index in [-0.39, 0.29) is 15.1 Å². The topological polar surface area (TPSA) is 240 Å². The number of primary amides is 1. The molecule has 1 aliphatic heterocycles. The van der Waals surface area contributed by atoms with Crippen LogP contribution in [0.15, 0.2) is 10.5 Å². The molecule has 6 N–H and O–H groups in total. The van der Waals surface area contributed by atoms with E-state index in [0.717, 1.165) is 11.3 Å². The third-order valence-electron chi connectivity index (χ3n) is 3.37. The Bertz CT molecular complexity index is 998. The van der Waals surface area contributed by atoms with Crippen LogP contribution in [-0.4, -0.2) is 71.2 Å². The van der Waals surface area contributed by atoms with Gasteiger partial charge in [-0.2, -0.15) is 13.7 Å². The van der Waals surface area contributed by atoms with Crippen LogP contribution in [0.25, 0.3) is 0 Å². The molecule has 2 heterocycles. The summed E-state index contributed by atoms with van der Waals surface area (Å²) in [5.74, 6) is -2.24. The molecule has 1 fully saturated rings. The second kappa shape index (κ2) is 8.68. The molecule has 2 atom stereocenters. The fraction of sp³-hybridized carbons (Fsp3) is 0.333. The molecule has 2 rings (SSSR count). The van der Waals surface area contributed by atoms with Gasteiger partial charge in [0.2, 0.25) is 6.61 Å². The number of nitrogens with zero attached hydrogens (tertiary/aromatic N) is 4. The quantitative estimate of drug-likeness (QED) is 0.107. The number of nitrogen functional groups attached to an aromatic ring is 1. The van der Waals surface area contributed by atoms with Gasteiger partial charge < -0.3 is 26.4 Å². The fourth-order valence-electron chi connectivity index (χ4n) is 2.23. The Hall–Kier alpha value is -3.49. The van der Waals surface area contributed by atoms with Crippen LogP contribution < -0.4 is 16.8 Å². The van der Waals surface area contributed by atoms with Crippen molar-refractivity contribution in [2.75, 3.05) is 18.9 Å². The van der Waals surface area contributed by atoms with Gasteiger partial charge in [0.15, 0.2) is 10.8 Å². The molecule has 1 aromatic heterocycles. The average Bonchev–Trinajstić information content (AvgIpc) is 3.04. The number of thiazole rings is 1. The van der Waals surface area contributed by atoms with E-state index in [0.29, 0.717) is 0 Å². The van der Waals surface area contributed by atoms with E-state index in [9.17, 15) is 22.8 Å². The van der Waals surface area contributed by atoms with Crippen molar-refractivity contribution >= 4 is 50.4 Å². The summed E-state index contributed by atoms with van der Waals surface area (Å²) in [6.07, 6.45) is -1.27. The van der Waals surface area contributed by atoms with Crippen molar-refractivity contribution in [2.45, 2.75) is 12.1 Å². The van der Waals surface area contributed by atoms with Gasteiger partial charge in [0.25, 0.3) is 11.8 Å². The van der Waals surface area contributed by atoms with Crippen LogP contribution >= 0.6 is 11.3 Å². The van der Waals surface area contributed by atoms with Crippen molar-refractivity contribution in [3.05, 3.63) is 11.1 Å². The number of amides is 3. The number of hydrogen-bond acceptors (Lipinski definition) is 12. The summed E-state index contributed by atoms with van der Waals surface area (Å²) in [6, 6.07) is -1.35. The normalized spacial score (nSPS) is 19.1. The van der Waals surface area contributed by atoms with Gasteiger partial charge in [-0.15, -0.1) is 11.3 Å². The first kappa shape index (κ1) is 21.8. The summed E-state index contributed by atoms with van der Waals surface area (Å²) in [5, 5.41) is 15.6. The molecule has 29 heavy (non-hydrogen) atoms. The Labute approximate surface area is 166 Å². The molecular formula is C12H13N7O8S2. The van der Waals surface area contributed by atoms with Crippen molar-refractivity contribution in [2.24, 2.45) is 10.9 Å². The largest absolute Gasteiger partial charge is 0.447 e. The molecule has 1 aliphatic rings. The van der Waals surface area contributed by atoms with Crippen LogP contribution in [0, 0.1) is 11.3 Å². The zero-order chi connectivity index (χ0) is 21.8. The number of oxime groups is 1. The lowest BCUT2D eigenvalue weighted by atomic mass is 9.99. The first-order chi connectivity index (χ1) is 13.6. The van der Waals surface area contributed by atoms with E-state index < -0.39 is 59.2 Å². The van der Waals surface area contributed by atoms with E-state index in [4.69, 9.17) is 21.3 Å². The number of carbonyl (C=O) groups is 3. The molecule has 3 amide bonds. The number of nitrogens with two attached hydrogens (primary N) is 2. The summed E-state index contributed by atoms with van der Waals surface area (Å²) in [6.45, 7) is -1.22. The Kier molecular flexibility index (Phi) is 6.53. The van der Waals surface area contributed by atoms with Gasteiger partial charge in [0.05, 0.1) is 0 Å². The summed E-state index contributed by atoms with van der Waals surface area (Å²) >= 11 is 0.971. The summed E-state index contributed by atoms with van der Waals surface area (Å²) in [5.41, 5.74) is 9.81. The Balaban J connectivity index is 2.24. The molecule has 0 bridgehead atoms. The van der Waals surface area contributed by atoms with Gasteiger partial charge in [0.1, 0.15) is 30.5 Å². The second-order valence-electron chi connectivity index (χ2n) is 5.20. The van der Waals surface area contributed by atoms with Gasteiger partial charge in [0, 0.05) is 5.38 Å². The lowest BCUT2D eigenvalue weighted by Gasteiger charge is -2.43. The summed E-state index contributed by atoms with van der Waals surface area (Å²) in [4.78, 5) is 43.9. The number of hydrogen-bond donors (Lipinski definition) is 4. The van der Waals surface area contributed by atoms with Gasteiger partial charge in [-0.1, -0.05) is 5.16 Å². The number of β-lactam (4-membered cyclic amide) rings is 1. The van der Waals surface area contributed by atoms with Crippen LogP contribution in [0.3, 0.4) is 0 Å². The molecule has 0 radical (unpaired) electrons. The third kappa shape index (κ3) is 5.07. The van der Waals surface area contributed by atoms with Gasteiger partial charge >= 0.3 is 16.4 Å². The number of ether oxygens (including phenoxy) is 1. The van der Waals surface area contributed by atoms with Crippen molar-refractivity contribution in [1.82, 2.24) is 14.6 Å². The molecule has 0 aliphatic carbocycles. The minimum atomic E-state index is -4.99.